The molecule has 7 nitrogen and oxygen atoms in total. The standard InChI is InChI=1S/C19H24N6O/c1-23-17(2-7-22-23)15-3-12-25(13-4-15)19(26)16-5-10-24(11-6-16)18-14-20-8-9-21-18/h2-3,7-9,14,16H,4-6,10-13H2,1H3. The zero-order valence-corrected chi connectivity index (χ0v) is 15.1. The Hall–Kier alpha value is -2.70. The summed E-state index contributed by atoms with van der Waals surface area (Å²) >= 11 is 0. The maximum absolute atomic E-state index is 12.9. The number of rotatable bonds is 3. The van der Waals surface area contributed by atoms with Gasteiger partial charge in [0, 0.05) is 57.7 Å². The summed E-state index contributed by atoms with van der Waals surface area (Å²) in [5.41, 5.74) is 2.43. The van der Waals surface area contributed by atoms with Crippen molar-refractivity contribution in [2.24, 2.45) is 13.0 Å². The molecule has 136 valence electrons. The van der Waals surface area contributed by atoms with Crippen LogP contribution in [0, 0.1) is 5.92 Å². The van der Waals surface area contributed by atoms with Crippen LogP contribution < -0.4 is 4.90 Å². The van der Waals surface area contributed by atoms with Crippen molar-refractivity contribution < 1.29 is 4.79 Å². The Morgan fingerprint density at radius 1 is 1.15 bits per heavy atom. The normalized spacial score (nSPS) is 18.7. The molecule has 0 aliphatic carbocycles. The van der Waals surface area contributed by atoms with Crippen LogP contribution in [0.4, 0.5) is 5.82 Å². The Morgan fingerprint density at radius 2 is 2.00 bits per heavy atom. The largest absolute Gasteiger partial charge is 0.355 e. The number of hydrogen-bond acceptors (Lipinski definition) is 5. The molecule has 0 aromatic carbocycles. The van der Waals surface area contributed by atoms with Crippen molar-refractivity contribution in [1.82, 2.24) is 24.6 Å². The van der Waals surface area contributed by atoms with E-state index in [0.29, 0.717) is 12.5 Å². The molecule has 2 aromatic heterocycles. The topological polar surface area (TPSA) is 67.2 Å². The van der Waals surface area contributed by atoms with Gasteiger partial charge in [-0.3, -0.25) is 14.5 Å². The number of anilines is 1. The highest BCUT2D eigenvalue weighted by atomic mass is 16.2. The van der Waals surface area contributed by atoms with Crippen molar-refractivity contribution >= 4 is 17.3 Å². The Kier molecular flexibility index (Phi) is 4.69. The smallest absolute Gasteiger partial charge is 0.226 e. The van der Waals surface area contributed by atoms with Gasteiger partial charge in [-0.2, -0.15) is 5.10 Å². The monoisotopic (exact) mass is 352 g/mol. The van der Waals surface area contributed by atoms with E-state index in [-0.39, 0.29) is 5.92 Å². The summed E-state index contributed by atoms with van der Waals surface area (Å²) in [4.78, 5) is 25.6. The van der Waals surface area contributed by atoms with Crippen LogP contribution in [-0.4, -0.2) is 56.7 Å². The molecule has 0 spiro atoms. The second-order valence-corrected chi connectivity index (χ2v) is 6.93. The van der Waals surface area contributed by atoms with Gasteiger partial charge in [-0.05, 0) is 30.9 Å². The van der Waals surface area contributed by atoms with Gasteiger partial charge in [-0.25, -0.2) is 4.98 Å². The highest BCUT2D eigenvalue weighted by Gasteiger charge is 2.30. The molecule has 0 bridgehead atoms. The summed E-state index contributed by atoms with van der Waals surface area (Å²) in [7, 11) is 1.96. The Bertz CT molecular complexity index is 791. The molecule has 2 aliphatic heterocycles. The van der Waals surface area contributed by atoms with Gasteiger partial charge in [0.25, 0.3) is 0 Å². The minimum Gasteiger partial charge on any atom is -0.355 e. The van der Waals surface area contributed by atoms with Gasteiger partial charge in [-0.15, -0.1) is 0 Å². The second kappa shape index (κ2) is 7.27. The molecule has 7 heteroatoms. The van der Waals surface area contributed by atoms with Crippen LogP contribution in [0.3, 0.4) is 0 Å². The number of piperidine rings is 1. The molecular formula is C19H24N6O. The Labute approximate surface area is 153 Å². The number of hydrogen-bond donors (Lipinski definition) is 0. The van der Waals surface area contributed by atoms with Crippen molar-refractivity contribution in [1.29, 1.82) is 0 Å². The van der Waals surface area contributed by atoms with Crippen LogP contribution in [0.25, 0.3) is 5.57 Å². The molecule has 2 aromatic rings. The van der Waals surface area contributed by atoms with Crippen molar-refractivity contribution in [3.63, 3.8) is 0 Å². The molecule has 4 heterocycles. The number of carbonyl (C=O) groups is 1. The zero-order chi connectivity index (χ0) is 17.9. The van der Waals surface area contributed by atoms with Crippen LogP contribution in [0.1, 0.15) is 25.0 Å². The molecule has 26 heavy (non-hydrogen) atoms. The van der Waals surface area contributed by atoms with E-state index in [9.17, 15) is 4.79 Å². The average molecular weight is 352 g/mol. The lowest BCUT2D eigenvalue weighted by molar-refractivity contribution is -0.135. The highest BCUT2D eigenvalue weighted by molar-refractivity contribution is 5.80. The Balaban J connectivity index is 1.33. The summed E-state index contributed by atoms with van der Waals surface area (Å²) in [5, 5.41) is 4.23. The van der Waals surface area contributed by atoms with Gasteiger partial charge in [0.1, 0.15) is 5.82 Å². The second-order valence-electron chi connectivity index (χ2n) is 6.93. The van der Waals surface area contributed by atoms with Gasteiger partial charge < -0.3 is 9.80 Å². The lowest BCUT2D eigenvalue weighted by Gasteiger charge is -2.35. The number of amides is 1. The maximum Gasteiger partial charge on any atom is 0.226 e. The van der Waals surface area contributed by atoms with Crippen LogP contribution in [0.15, 0.2) is 36.9 Å². The van der Waals surface area contributed by atoms with Crippen LogP contribution in [-0.2, 0) is 11.8 Å². The summed E-state index contributed by atoms with van der Waals surface area (Å²) < 4.78 is 1.89. The van der Waals surface area contributed by atoms with Gasteiger partial charge in [0.05, 0.1) is 11.9 Å². The predicted octanol–water partition coefficient (Wildman–Crippen LogP) is 1.74. The van der Waals surface area contributed by atoms with E-state index in [2.05, 4.69) is 26.0 Å². The molecule has 0 atom stereocenters. The van der Waals surface area contributed by atoms with Crippen LogP contribution >= 0.6 is 0 Å². The number of nitrogens with zero attached hydrogens (tertiary/aromatic N) is 6. The van der Waals surface area contributed by atoms with E-state index >= 15 is 0 Å². The summed E-state index contributed by atoms with van der Waals surface area (Å²) in [6.07, 6.45) is 11.8. The highest BCUT2D eigenvalue weighted by Crippen LogP contribution is 2.26. The van der Waals surface area contributed by atoms with E-state index < -0.39 is 0 Å². The lowest BCUT2D eigenvalue weighted by Crippen LogP contribution is -2.44. The van der Waals surface area contributed by atoms with E-state index in [4.69, 9.17) is 0 Å². The minimum absolute atomic E-state index is 0.120. The summed E-state index contributed by atoms with van der Waals surface area (Å²) in [6.45, 7) is 3.21. The summed E-state index contributed by atoms with van der Waals surface area (Å²) in [6, 6.07) is 2.03. The van der Waals surface area contributed by atoms with Crippen LogP contribution in [0.5, 0.6) is 0 Å². The third-order valence-corrected chi connectivity index (χ3v) is 5.39. The van der Waals surface area contributed by atoms with Gasteiger partial charge in [0.2, 0.25) is 5.91 Å². The Morgan fingerprint density at radius 3 is 2.62 bits per heavy atom. The zero-order valence-electron chi connectivity index (χ0n) is 15.1. The molecule has 1 saturated heterocycles. The van der Waals surface area contributed by atoms with Crippen LogP contribution in [0.2, 0.25) is 0 Å². The van der Waals surface area contributed by atoms with Gasteiger partial charge >= 0.3 is 0 Å². The molecule has 4 rings (SSSR count). The van der Waals surface area contributed by atoms with Crippen molar-refractivity contribution in [2.75, 3.05) is 31.1 Å². The van der Waals surface area contributed by atoms with E-state index in [0.717, 1.165) is 50.4 Å². The van der Waals surface area contributed by atoms with Crippen molar-refractivity contribution in [2.45, 2.75) is 19.3 Å². The lowest BCUT2D eigenvalue weighted by atomic mass is 9.94. The minimum atomic E-state index is 0.120. The number of carbonyl (C=O) groups excluding carboxylic acids is 1. The molecule has 1 fully saturated rings. The van der Waals surface area contributed by atoms with Gasteiger partial charge in [-0.1, -0.05) is 6.08 Å². The first-order chi connectivity index (χ1) is 12.7. The molecule has 0 saturated carbocycles. The van der Waals surface area contributed by atoms with E-state index in [1.165, 1.54) is 5.57 Å². The first kappa shape index (κ1) is 16.8. The number of aromatic nitrogens is 4. The fraction of sp³-hybridized carbons (Fsp3) is 0.474. The third-order valence-electron chi connectivity index (χ3n) is 5.39. The fourth-order valence-electron chi connectivity index (χ4n) is 3.86. The first-order valence-corrected chi connectivity index (χ1v) is 9.19. The maximum atomic E-state index is 12.9. The average Bonchev–Trinajstić information content (AvgIpc) is 3.14. The van der Waals surface area contributed by atoms with E-state index in [1.54, 1.807) is 18.6 Å². The molecular weight excluding hydrogens is 328 g/mol. The fourth-order valence-corrected chi connectivity index (χ4v) is 3.86. The van der Waals surface area contributed by atoms with E-state index in [1.807, 2.05) is 28.9 Å². The predicted molar refractivity (Wildman–Crippen MR) is 99.4 cm³/mol. The third kappa shape index (κ3) is 3.34. The molecule has 1 amide bonds. The molecule has 0 radical (unpaired) electrons. The molecule has 2 aliphatic rings. The molecule has 0 unspecified atom stereocenters. The number of aryl methyl sites for hydroxylation is 1. The van der Waals surface area contributed by atoms with Crippen molar-refractivity contribution in [3.05, 3.63) is 42.6 Å². The quantitative estimate of drug-likeness (QED) is 0.842. The SMILES string of the molecule is Cn1nccc1C1=CCN(C(=O)C2CCN(c3cnccn3)CC2)CC1. The molecule has 0 N–H and O–H groups in total. The van der Waals surface area contributed by atoms with Crippen molar-refractivity contribution in [3.8, 4) is 0 Å². The first-order valence-electron chi connectivity index (χ1n) is 9.19. The summed E-state index contributed by atoms with van der Waals surface area (Å²) in [5.74, 6) is 1.32. The van der Waals surface area contributed by atoms with Gasteiger partial charge in [0.15, 0.2) is 0 Å².